The van der Waals surface area contributed by atoms with Gasteiger partial charge in [0.15, 0.2) is 0 Å². The second-order valence-corrected chi connectivity index (χ2v) is 2.84. The van der Waals surface area contributed by atoms with Crippen LogP contribution in [0.2, 0.25) is 0 Å². The standard InChI is InChI=1S/C2H5NS2.Li/c1-2-5-3-4-1;/h3H,1-2H2;. The summed E-state index contributed by atoms with van der Waals surface area (Å²) in [7, 11) is 0. The fourth-order valence-corrected chi connectivity index (χ4v) is 1.87. The van der Waals surface area contributed by atoms with Gasteiger partial charge in [0.1, 0.15) is 0 Å². The molecule has 0 bridgehead atoms. The Morgan fingerprint density at radius 1 is 1.17 bits per heavy atom. The topological polar surface area (TPSA) is 12.0 Å². The summed E-state index contributed by atoms with van der Waals surface area (Å²) >= 11 is 3.57. The van der Waals surface area contributed by atoms with E-state index in [0.29, 0.717) is 0 Å². The van der Waals surface area contributed by atoms with Gasteiger partial charge >= 0.3 is 0 Å². The molecule has 0 aromatic carbocycles. The van der Waals surface area contributed by atoms with E-state index >= 15 is 0 Å². The molecule has 1 aliphatic rings. The summed E-state index contributed by atoms with van der Waals surface area (Å²) in [4.78, 5) is 0. The molecule has 1 N–H and O–H groups in total. The van der Waals surface area contributed by atoms with Crippen molar-refractivity contribution in [1.29, 1.82) is 0 Å². The van der Waals surface area contributed by atoms with Crippen molar-refractivity contribution < 1.29 is 0 Å². The van der Waals surface area contributed by atoms with E-state index in [1.807, 2.05) is 0 Å². The molecule has 1 saturated heterocycles. The third-order valence-corrected chi connectivity index (χ3v) is 2.42. The quantitative estimate of drug-likeness (QED) is 0.364. The van der Waals surface area contributed by atoms with Crippen LogP contribution in [0.5, 0.6) is 0 Å². The van der Waals surface area contributed by atoms with Crippen molar-refractivity contribution in [2.24, 2.45) is 0 Å². The van der Waals surface area contributed by atoms with Gasteiger partial charge in [0.05, 0.1) is 0 Å². The molecule has 0 atom stereocenters. The summed E-state index contributed by atoms with van der Waals surface area (Å²) in [5, 5.41) is 0. The molecular weight excluding hydrogens is 109 g/mol. The zero-order valence-electron chi connectivity index (χ0n) is 3.73. The maximum Gasteiger partial charge on any atom is 0.0191 e. The molecule has 1 fully saturated rings. The molecule has 0 spiro atoms. The van der Waals surface area contributed by atoms with Crippen LogP contribution in [0.25, 0.3) is 0 Å². The number of rotatable bonds is 0. The summed E-state index contributed by atoms with van der Waals surface area (Å²) in [6.07, 6.45) is 0. The van der Waals surface area contributed by atoms with Crippen LogP contribution in [0, 0.1) is 0 Å². The van der Waals surface area contributed by atoms with Gasteiger partial charge in [-0.2, -0.15) is 0 Å². The summed E-state index contributed by atoms with van der Waals surface area (Å²) in [5.41, 5.74) is 0. The molecule has 0 aromatic heterocycles. The van der Waals surface area contributed by atoms with Gasteiger partial charge in [-0.05, 0) is 0 Å². The third-order valence-electron chi connectivity index (χ3n) is 0.405. The molecule has 0 aromatic rings. The van der Waals surface area contributed by atoms with Crippen molar-refractivity contribution in [2.75, 3.05) is 11.5 Å². The van der Waals surface area contributed by atoms with Crippen molar-refractivity contribution >= 4 is 42.8 Å². The van der Waals surface area contributed by atoms with E-state index in [1.165, 1.54) is 11.5 Å². The smallest absolute Gasteiger partial charge is 0.0191 e. The minimum atomic E-state index is 0. The summed E-state index contributed by atoms with van der Waals surface area (Å²) < 4.78 is 3.06. The maximum atomic E-state index is 3.06. The fourth-order valence-electron chi connectivity index (χ4n) is 0.208. The monoisotopic (exact) mass is 114 g/mol. The Morgan fingerprint density at radius 2 is 1.67 bits per heavy atom. The van der Waals surface area contributed by atoms with E-state index in [0.717, 1.165) is 0 Å². The molecule has 0 amide bonds. The van der Waals surface area contributed by atoms with Crippen LogP contribution in [-0.4, -0.2) is 30.4 Å². The molecule has 0 unspecified atom stereocenters. The number of hydrogen-bond donors (Lipinski definition) is 1. The third kappa shape index (κ3) is 2.43. The Balaban J connectivity index is 0.000000250. The average molecular weight is 114 g/mol. The van der Waals surface area contributed by atoms with Crippen LogP contribution in [0.3, 0.4) is 0 Å². The van der Waals surface area contributed by atoms with Crippen LogP contribution in [0.15, 0.2) is 0 Å². The van der Waals surface area contributed by atoms with E-state index in [4.69, 9.17) is 0 Å². The maximum absolute atomic E-state index is 3.06. The van der Waals surface area contributed by atoms with Gasteiger partial charge in [0, 0.05) is 30.4 Å². The Morgan fingerprint density at radius 3 is 1.83 bits per heavy atom. The molecule has 1 nitrogen and oxygen atoms in total. The van der Waals surface area contributed by atoms with Crippen LogP contribution in [-0.2, 0) is 0 Å². The first-order valence-corrected chi connectivity index (χ1v) is 3.46. The van der Waals surface area contributed by atoms with Crippen LogP contribution in [0.1, 0.15) is 0 Å². The van der Waals surface area contributed by atoms with Gasteiger partial charge in [-0.3, -0.25) is 0 Å². The summed E-state index contributed by atoms with van der Waals surface area (Å²) in [6, 6.07) is 0. The predicted molar refractivity (Wildman–Crippen MR) is 33.8 cm³/mol. The van der Waals surface area contributed by atoms with Gasteiger partial charge in [-0.1, -0.05) is 23.9 Å². The first kappa shape index (κ1) is 7.26. The van der Waals surface area contributed by atoms with E-state index < -0.39 is 0 Å². The second kappa shape index (κ2) is 4.42. The molecule has 0 saturated carbocycles. The van der Waals surface area contributed by atoms with Gasteiger partial charge in [0.25, 0.3) is 0 Å². The van der Waals surface area contributed by atoms with Crippen molar-refractivity contribution in [2.45, 2.75) is 0 Å². The zero-order chi connectivity index (χ0) is 3.54. The van der Waals surface area contributed by atoms with Gasteiger partial charge in [-0.25, -0.2) is 4.13 Å². The second-order valence-electron chi connectivity index (χ2n) is 0.780. The van der Waals surface area contributed by atoms with Crippen LogP contribution < -0.4 is 4.13 Å². The minimum absolute atomic E-state index is 0. The molecule has 1 aliphatic heterocycles. The fraction of sp³-hybridized carbons (Fsp3) is 1.00. The van der Waals surface area contributed by atoms with Crippen LogP contribution >= 0.6 is 23.9 Å². The number of nitrogens with one attached hydrogen (secondary N) is 1. The first-order valence-electron chi connectivity index (χ1n) is 1.49. The molecule has 1 rings (SSSR count). The SMILES string of the molecule is C1CSNS1.[Li]. The summed E-state index contributed by atoms with van der Waals surface area (Å²) in [5.74, 6) is 2.54. The van der Waals surface area contributed by atoms with Crippen molar-refractivity contribution in [1.82, 2.24) is 4.13 Å². The van der Waals surface area contributed by atoms with E-state index in [9.17, 15) is 0 Å². The Bertz CT molecular complexity index is 23.1. The molecule has 4 heteroatoms. The van der Waals surface area contributed by atoms with E-state index in [2.05, 4.69) is 4.13 Å². The van der Waals surface area contributed by atoms with Gasteiger partial charge < -0.3 is 0 Å². The van der Waals surface area contributed by atoms with Gasteiger partial charge in [-0.15, -0.1) is 0 Å². The normalized spacial score (nSPS) is 20.0. The Labute approximate surface area is 58.5 Å². The van der Waals surface area contributed by atoms with Crippen molar-refractivity contribution in [3.63, 3.8) is 0 Å². The molecule has 1 radical (unpaired) electrons. The number of hydrogen-bond acceptors (Lipinski definition) is 3. The predicted octanol–water partition coefficient (Wildman–Crippen LogP) is 0.505. The molecule has 6 heavy (non-hydrogen) atoms. The van der Waals surface area contributed by atoms with E-state index in [1.54, 1.807) is 23.9 Å². The van der Waals surface area contributed by atoms with Gasteiger partial charge in [0.2, 0.25) is 0 Å². The van der Waals surface area contributed by atoms with E-state index in [-0.39, 0.29) is 18.9 Å². The van der Waals surface area contributed by atoms with Crippen LogP contribution in [0.4, 0.5) is 0 Å². The molecular formula is C2H5LiNS2. The first-order chi connectivity index (χ1) is 2.50. The zero-order valence-corrected chi connectivity index (χ0v) is 5.36. The summed E-state index contributed by atoms with van der Waals surface area (Å²) in [6.45, 7) is 0. The molecule has 31 valence electrons. The largest absolute Gasteiger partial charge is 0.208 e. The van der Waals surface area contributed by atoms with Crippen molar-refractivity contribution in [3.05, 3.63) is 0 Å². The minimum Gasteiger partial charge on any atom is -0.208 e. The Hall–Kier alpha value is 1.26. The Kier molecular flexibility index (Phi) is 5.34. The van der Waals surface area contributed by atoms with Crippen molar-refractivity contribution in [3.8, 4) is 0 Å². The molecule has 0 aliphatic carbocycles. The molecule has 1 heterocycles. The average Bonchev–Trinajstić information content (AvgIpc) is 1.76.